The van der Waals surface area contributed by atoms with Crippen molar-refractivity contribution in [3.8, 4) is 0 Å². The van der Waals surface area contributed by atoms with E-state index < -0.39 is 17.9 Å². The number of carboxylic acid groups (broad SMARTS) is 1. The van der Waals surface area contributed by atoms with E-state index in [2.05, 4.69) is 9.47 Å². The zero-order valence-electron chi connectivity index (χ0n) is 8.48. The van der Waals surface area contributed by atoms with E-state index in [4.69, 9.17) is 5.11 Å². The Balaban J connectivity index is 4.19. The van der Waals surface area contributed by atoms with E-state index in [0.29, 0.717) is 0 Å². The summed E-state index contributed by atoms with van der Waals surface area (Å²) in [6, 6.07) is 0. The third kappa shape index (κ3) is 7.24. The average molecular weight is 216 g/mol. The Bertz CT molecular complexity index is 291. The van der Waals surface area contributed by atoms with Crippen LogP contribution in [0.2, 0.25) is 0 Å². The summed E-state index contributed by atoms with van der Waals surface area (Å²) < 4.78 is 9.00. The van der Waals surface area contributed by atoms with Crippen LogP contribution in [0.25, 0.3) is 0 Å². The number of hydrogen-bond donors (Lipinski definition) is 1. The molecule has 6 heteroatoms. The molecule has 0 unspecified atom stereocenters. The summed E-state index contributed by atoms with van der Waals surface area (Å²) in [4.78, 5) is 31.4. The van der Waals surface area contributed by atoms with Gasteiger partial charge in [0.25, 0.3) is 0 Å². The number of carbonyl (C=O) groups excluding carboxylic acids is 2. The van der Waals surface area contributed by atoms with Gasteiger partial charge in [-0.2, -0.15) is 0 Å². The Morgan fingerprint density at radius 1 is 1.13 bits per heavy atom. The SMILES string of the molecule is CC(=O)OC/C=C(/COC(C)=O)C(=O)O. The number of ether oxygens (including phenoxy) is 2. The van der Waals surface area contributed by atoms with E-state index in [9.17, 15) is 14.4 Å². The minimum absolute atomic E-state index is 0.133. The molecule has 0 amide bonds. The molecule has 0 atom stereocenters. The second-order valence-electron chi connectivity index (χ2n) is 2.62. The summed E-state index contributed by atoms with van der Waals surface area (Å²) in [5.74, 6) is -2.30. The molecule has 0 aromatic carbocycles. The number of aliphatic carboxylic acids is 1. The van der Waals surface area contributed by atoms with Gasteiger partial charge in [0.1, 0.15) is 13.2 Å². The number of carbonyl (C=O) groups is 3. The van der Waals surface area contributed by atoms with Crippen molar-refractivity contribution in [1.82, 2.24) is 0 Å². The minimum atomic E-state index is -1.22. The standard InChI is InChI=1S/C9H12O6/c1-6(10)14-4-3-8(9(12)13)5-15-7(2)11/h3H,4-5H2,1-2H3,(H,12,13)/b8-3-. The summed E-state index contributed by atoms with van der Waals surface area (Å²) in [5.41, 5.74) is -0.133. The van der Waals surface area contributed by atoms with Crippen LogP contribution in [0.5, 0.6) is 0 Å². The van der Waals surface area contributed by atoms with Gasteiger partial charge in [-0.1, -0.05) is 0 Å². The Morgan fingerprint density at radius 3 is 2.07 bits per heavy atom. The Labute approximate surface area is 86.5 Å². The van der Waals surface area contributed by atoms with Gasteiger partial charge in [0.05, 0.1) is 5.57 Å². The van der Waals surface area contributed by atoms with Crippen molar-refractivity contribution in [2.45, 2.75) is 13.8 Å². The fourth-order valence-electron chi connectivity index (χ4n) is 0.647. The van der Waals surface area contributed by atoms with E-state index >= 15 is 0 Å². The molecule has 0 saturated heterocycles. The molecule has 0 heterocycles. The summed E-state index contributed by atoms with van der Waals surface area (Å²) in [6.45, 7) is 1.88. The minimum Gasteiger partial charge on any atom is -0.478 e. The summed E-state index contributed by atoms with van der Waals surface area (Å²) in [5, 5.41) is 8.65. The average Bonchev–Trinajstić information content (AvgIpc) is 2.09. The van der Waals surface area contributed by atoms with Crippen molar-refractivity contribution < 1.29 is 29.0 Å². The molecule has 0 aliphatic carbocycles. The van der Waals surface area contributed by atoms with Gasteiger partial charge in [0, 0.05) is 13.8 Å². The highest BCUT2D eigenvalue weighted by atomic mass is 16.5. The first kappa shape index (κ1) is 13.2. The Morgan fingerprint density at radius 2 is 1.67 bits per heavy atom. The van der Waals surface area contributed by atoms with E-state index in [0.717, 1.165) is 0 Å². The largest absolute Gasteiger partial charge is 0.478 e. The van der Waals surface area contributed by atoms with E-state index in [1.165, 1.54) is 19.9 Å². The Kier molecular flexibility index (Phi) is 5.77. The molecular weight excluding hydrogens is 204 g/mol. The van der Waals surface area contributed by atoms with Crippen molar-refractivity contribution in [3.05, 3.63) is 11.6 Å². The second-order valence-corrected chi connectivity index (χ2v) is 2.62. The third-order valence-corrected chi connectivity index (χ3v) is 1.32. The highest BCUT2D eigenvalue weighted by molar-refractivity contribution is 5.87. The maximum atomic E-state index is 10.6. The molecule has 15 heavy (non-hydrogen) atoms. The fraction of sp³-hybridized carbons (Fsp3) is 0.444. The summed E-state index contributed by atoms with van der Waals surface area (Å²) >= 11 is 0. The highest BCUT2D eigenvalue weighted by Crippen LogP contribution is 1.97. The van der Waals surface area contributed by atoms with Gasteiger partial charge >= 0.3 is 17.9 Å². The first-order valence-electron chi connectivity index (χ1n) is 4.12. The van der Waals surface area contributed by atoms with Crippen LogP contribution < -0.4 is 0 Å². The van der Waals surface area contributed by atoms with Crippen molar-refractivity contribution in [3.63, 3.8) is 0 Å². The first-order valence-corrected chi connectivity index (χ1v) is 4.12. The van der Waals surface area contributed by atoms with Gasteiger partial charge in [-0.25, -0.2) is 4.79 Å². The van der Waals surface area contributed by atoms with Crippen molar-refractivity contribution in [1.29, 1.82) is 0 Å². The van der Waals surface area contributed by atoms with Crippen LogP contribution in [0.1, 0.15) is 13.8 Å². The van der Waals surface area contributed by atoms with Crippen LogP contribution in [-0.4, -0.2) is 36.2 Å². The molecule has 0 aromatic heterocycles. The number of esters is 2. The lowest BCUT2D eigenvalue weighted by molar-refractivity contribution is -0.142. The molecule has 0 radical (unpaired) electrons. The predicted molar refractivity (Wildman–Crippen MR) is 49.0 cm³/mol. The summed E-state index contributed by atoms with van der Waals surface area (Å²) in [7, 11) is 0. The maximum Gasteiger partial charge on any atom is 0.334 e. The Hall–Kier alpha value is -1.85. The topological polar surface area (TPSA) is 89.9 Å². The van der Waals surface area contributed by atoms with Crippen LogP contribution in [-0.2, 0) is 23.9 Å². The zero-order valence-corrected chi connectivity index (χ0v) is 8.48. The number of carboxylic acids is 1. The molecule has 1 N–H and O–H groups in total. The molecule has 0 aliphatic rings. The fourth-order valence-corrected chi connectivity index (χ4v) is 0.647. The molecule has 0 rings (SSSR count). The van der Waals surface area contributed by atoms with Crippen molar-refractivity contribution in [2.24, 2.45) is 0 Å². The van der Waals surface area contributed by atoms with Gasteiger partial charge in [0.2, 0.25) is 0 Å². The molecule has 0 bridgehead atoms. The van der Waals surface area contributed by atoms with Gasteiger partial charge in [-0.3, -0.25) is 9.59 Å². The number of hydrogen-bond acceptors (Lipinski definition) is 5. The van der Waals surface area contributed by atoms with Crippen LogP contribution in [0.15, 0.2) is 11.6 Å². The molecule has 0 spiro atoms. The van der Waals surface area contributed by atoms with Crippen LogP contribution in [0.4, 0.5) is 0 Å². The highest BCUT2D eigenvalue weighted by Gasteiger charge is 2.08. The monoisotopic (exact) mass is 216 g/mol. The molecular formula is C9H12O6. The maximum absolute atomic E-state index is 10.6. The lowest BCUT2D eigenvalue weighted by Gasteiger charge is -2.03. The van der Waals surface area contributed by atoms with Gasteiger partial charge in [0.15, 0.2) is 0 Å². The van der Waals surface area contributed by atoms with Crippen LogP contribution >= 0.6 is 0 Å². The predicted octanol–water partition coefficient (Wildman–Crippen LogP) is 0.124. The number of rotatable bonds is 5. The lowest BCUT2D eigenvalue weighted by Crippen LogP contribution is -2.12. The zero-order chi connectivity index (χ0) is 11.8. The van der Waals surface area contributed by atoms with Gasteiger partial charge < -0.3 is 14.6 Å². The van der Waals surface area contributed by atoms with E-state index in [1.54, 1.807) is 0 Å². The second kappa shape index (κ2) is 6.58. The molecule has 0 saturated carbocycles. The molecule has 0 aliphatic heterocycles. The van der Waals surface area contributed by atoms with Crippen molar-refractivity contribution in [2.75, 3.05) is 13.2 Å². The summed E-state index contributed by atoms with van der Waals surface area (Å²) in [6.07, 6.45) is 1.17. The smallest absolute Gasteiger partial charge is 0.334 e. The quantitative estimate of drug-likeness (QED) is 0.518. The normalized spacial score (nSPS) is 10.7. The van der Waals surface area contributed by atoms with Gasteiger partial charge in [-0.15, -0.1) is 0 Å². The van der Waals surface area contributed by atoms with Crippen LogP contribution in [0.3, 0.4) is 0 Å². The molecule has 0 fully saturated rings. The third-order valence-electron chi connectivity index (χ3n) is 1.32. The van der Waals surface area contributed by atoms with Crippen LogP contribution in [0, 0.1) is 0 Å². The molecule has 84 valence electrons. The molecule has 6 nitrogen and oxygen atoms in total. The van der Waals surface area contributed by atoms with E-state index in [1.807, 2.05) is 0 Å². The lowest BCUT2D eigenvalue weighted by atomic mass is 10.3. The van der Waals surface area contributed by atoms with Crippen molar-refractivity contribution >= 4 is 17.9 Å². The molecule has 0 aromatic rings. The van der Waals surface area contributed by atoms with E-state index in [-0.39, 0.29) is 18.8 Å². The first-order chi connectivity index (χ1) is 6.93. The van der Waals surface area contributed by atoms with Gasteiger partial charge in [-0.05, 0) is 6.08 Å².